The van der Waals surface area contributed by atoms with E-state index in [-0.39, 0.29) is 11.5 Å². The number of ether oxygens (including phenoxy) is 2. The third-order valence-corrected chi connectivity index (χ3v) is 5.56. The Balaban J connectivity index is 1.82. The SMILES string of the molecule is COCc1ncc(-c2ccc(S(=O)(=O)Nc3cc(F)c(C(=O)OC)cc3F)cc2)cn1. The van der Waals surface area contributed by atoms with E-state index in [1.54, 1.807) is 12.4 Å². The lowest BCUT2D eigenvalue weighted by Crippen LogP contribution is -2.15. The van der Waals surface area contributed by atoms with Gasteiger partial charge in [0.25, 0.3) is 10.0 Å². The minimum atomic E-state index is -4.22. The van der Waals surface area contributed by atoms with E-state index >= 15 is 0 Å². The van der Waals surface area contributed by atoms with Crippen LogP contribution >= 0.6 is 0 Å². The molecule has 0 aliphatic rings. The van der Waals surface area contributed by atoms with Crippen LogP contribution in [-0.4, -0.2) is 38.6 Å². The second-order valence-corrected chi connectivity index (χ2v) is 7.94. The number of anilines is 1. The van der Waals surface area contributed by atoms with E-state index < -0.39 is 38.9 Å². The van der Waals surface area contributed by atoms with Crippen molar-refractivity contribution in [1.29, 1.82) is 0 Å². The van der Waals surface area contributed by atoms with E-state index in [9.17, 15) is 22.0 Å². The molecule has 0 saturated carbocycles. The molecule has 1 aromatic heterocycles. The van der Waals surface area contributed by atoms with Crippen LogP contribution < -0.4 is 4.72 Å². The first kappa shape index (κ1) is 22.2. The number of esters is 1. The van der Waals surface area contributed by atoms with Gasteiger partial charge in [-0.2, -0.15) is 0 Å². The summed E-state index contributed by atoms with van der Waals surface area (Å²) in [6.45, 7) is 0.265. The summed E-state index contributed by atoms with van der Waals surface area (Å²) >= 11 is 0. The van der Waals surface area contributed by atoms with E-state index in [2.05, 4.69) is 14.7 Å². The molecule has 3 aromatic rings. The van der Waals surface area contributed by atoms with Gasteiger partial charge >= 0.3 is 5.97 Å². The fraction of sp³-hybridized carbons (Fsp3) is 0.150. The summed E-state index contributed by atoms with van der Waals surface area (Å²) in [5, 5.41) is 0. The van der Waals surface area contributed by atoms with Crippen molar-refractivity contribution in [3.05, 3.63) is 71.8 Å². The Kier molecular flexibility index (Phi) is 6.56. The molecule has 3 rings (SSSR count). The number of nitrogens with zero attached hydrogens (tertiary/aromatic N) is 2. The van der Waals surface area contributed by atoms with Crippen molar-refractivity contribution in [3.8, 4) is 11.1 Å². The van der Waals surface area contributed by atoms with Gasteiger partial charge in [0.1, 0.15) is 18.2 Å². The monoisotopic (exact) mass is 449 g/mol. The maximum absolute atomic E-state index is 14.2. The maximum atomic E-state index is 14.2. The molecule has 0 saturated heterocycles. The summed E-state index contributed by atoms with van der Waals surface area (Å²) in [6.07, 6.45) is 3.15. The van der Waals surface area contributed by atoms with Gasteiger partial charge in [0.2, 0.25) is 0 Å². The lowest BCUT2D eigenvalue weighted by Gasteiger charge is -2.11. The van der Waals surface area contributed by atoms with Crippen molar-refractivity contribution in [2.24, 2.45) is 0 Å². The summed E-state index contributed by atoms with van der Waals surface area (Å²) in [5.41, 5.74) is 0.0215. The van der Waals surface area contributed by atoms with Crippen molar-refractivity contribution < 1.29 is 31.5 Å². The van der Waals surface area contributed by atoms with Gasteiger partial charge in [-0.15, -0.1) is 0 Å². The van der Waals surface area contributed by atoms with Gasteiger partial charge in [-0.3, -0.25) is 4.72 Å². The van der Waals surface area contributed by atoms with Crippen LogP contribution in [-0.2, 0) is 26.1 Å². The van der Waals surface area contributed by atoms with Crippen LogP contribution in [0.2, 0.25) is 0 Å². The molecular weight excluding hydrogens is 432 g/mol. The van der Waals surface area contributed by atoms with E-state index in [1.807, 2.05) is 4.72 Å². The van der Waals surface area contributed by atoms with Crippen LogP contribution in [0.4, 0.5) is 14.5 Å². The summed E-state index contributed by atoms with van der Waals surface area (Å²) < 4.78 is 64.7. The molecule has 0 aliphatic heterocycles. The topological polar surface area (TPSA) is 107 Å². The first-order valence-electron chi connectivity index (χ1n) is 8.75. The highest BCUT2D eigenvalue weighted by molar-refractivity contribution is 7.92. The fourth-order valence-electron chi connectivity index (χ4n) is 2.63. The molecule has 0 radical (unpaired) electrons. The Hall–Kier alpha value is -3.44. The number of hydrogen-bond acceptors (Lipinski definition) is 7. The van der Waals surface area contributed by atoms with Gasteiger partial charge in [0, 0.05) is 31.1 Å². The predicted octanol–water partition coefficient (Wildman–Crippen LogP) is 3.16. The zero-order valence-corrected chi connectivity index (χ0v) is 17.2. The number of aromatic nitrogens is 2. The van der Waals surface area contributed by atoms with Gasteiger partial charge in [0.05, 0.1) is 23.3 Å². The quantitative estimate of drug-likeness (QED) is 0.552. The molecule has 11 heteroatoms. The number of methoxy groups -OCH3 is 2. The molecule has 0 unspecified atom stereocenters. The van der Waals surface area contributed by atoms with Crippen molar-refractivity contribution in [2.45, 2.75) is 11.5 Å². The van der Waals surface area contributed by atoms with Crippen LogP contribution in [0.25, 0.3) is 11.1 Å². The zero-order valence-electron chi connectivity index (χ0n) is 16.4. The molecule has 0 spiro atoms. The highest BCUT2D eigenvalue weighted by atomic mass is 32.2. The number of sulfonamides is 1. The highest BCUT2D eigenvalue weighted by Crippen LogP contribution is 2.25. The molecule has 1 heterocycles. The van der Waals surface area contributed by atoms with Crippen molar-refractivity contribution in [2.75, 3.05) is 18.9 Å². The van der Waals surface area contributed by atoms with Gasteiger partial charge in [-0.05, 0) is 23.8 Å². The molecule has 1 N–H and O–H groups in total. The van der Waals surface area contributed by atoms with Crippen LogP contribution in [0.1, 0.15) is 16.2 Å². The van der Waals surface area contributed by atoms with Crippen molar-refractivity contribution in [1.82, 2.24) is 9.97 Å². The Morgan fingerprint density at radius 3 is 2.23 bits per heavy atom. The number of carbonyl (C=O) groups excluding carboxylic acids is 1. The van der Waals surface area contributed by atoms with Crippen LogP contribution in [0.3, 0.4) is 0 Å². The highest BCUT2D eigenvalue weighted by Gasteiger charge is 2.21. The van der Waals surface area contributed by atoms with Gasteiger partial charge in [-0.25, -0.2) is 32.0 Å². The second kappa shape index (κ2) is 9.14. The average molecular weight is 449 g/mol. The average Bonchev–Trinajstić information content (AvgIpc) is 2.76. The lowest BCUT2D eigenvalue weighted by molar-refractivity contribution is 0.0595. The number of nitrogens with one attached hydrogen (secondary N) is 1. The molecule has 0 atom stereocenters. The number of hydrogen-bond donors (Lipinski definition) is 1. The summed E-state index contributed by atoms with van der Waals surface area (Å²) in [7, 11) is -1.68. The molecule has 8 nitrogen and oxygen atoms in total. The maximum Gasteiger partial charge on any atom is 0.340 e. The second-order valence-electron chi connectivity index (χ2n) is 6.25. The molecule has 0 fully saturated rings. The van der Waals surface area contributed by atoms with E-state index in [0.29, 0.717) is 29.1 Å². The van der Waals surface area contributed by atoms with E-state index in [0.717, 1.165) is 7.11 Å². The summed E-state index contributed by atoms with van der Waals surface area (Å²) in [4.78, 5) is 19.5. The molecule has 31 heavy (non-hydrogen) atoms. The third kappa shape index (κ3) is 5.01. The van der Waals surface area contributed by atoms with Crippen LogP contribution in [0, 0.1) is 11.6 Å². The fourth-order valence-corrected chi connectivity index (χ4v) is 3.69. The van der Waals surface area contributed by atoms with Crippen LogP contribution in [0.15, 0.2) is 53.7 Å². The first-order valence-corrected chi connectivity index (χ1v) is 10.2. The Bertz CT molecular complexity index is 1200. The number of rotatable bonds is 7. The Morgan fingerprint density at radius 2 is 1.65 bits per heavy atom. The smallest absolute Gasteiger partial charge is 0.340 e. The number of halogens is 2. The van der Waals surface area contributed by atoms with Crippen LogP contribution in [0.5, 0.6) is 0 Å². The zero-order chi connectivity index (χ0) is 22.6. The standard InChI is InChI=1S/C20H17F2N3O5S/c1-29-11-19-23-9-13(10-24-19)12-3-5-14(6-4-12)31(27,28)25-18-8-16(21)15(7-17(18)22)20(26)30-2/h3-10,25H,11H2,1-2H3. The van der Waals surface area contributed by atoms with Gasteiger partial charge in [-0.1, -0.05) is 12.1 Å². The predicted molar refractivity (Wildman–Crippen MR) is 107 cm³/mol. The Labute approximate surface area is 176 Å². The lowest BCUT2D eigenvalue weighted by atomic mass is 10.1. The van der Waals surface area contributed by atoms with Gasteiger partial charge in [0.15, 0.2) is 5.82 Å². The van der Waals surface area contributed by atoms with E-state index in [4.69, 9.17) is 4.74 Å². The third-order valence-electron chi connectivity index (χ3n) is 4.18. The summed E-state index contributed by atoms with van der Waals surface area (Å²) in [6, 6.07) is 6.80. The molecule has 0 aliphatic carbocycles. The minimum absolute atomic E-state index is 0.176. The number of benzene rings is 2. The van der Waals surface area contributed by atoms with Gasteiger partial charge < -0.3 is 9.47 Å². The van der Waals surface area contributed by atoms with E-state index in [1.165, 1.54) is 31.4 Å². The molecule has 0 bridgehead atoms. The first-order chi connectivity index (χ1) is 14.7. The number of carbonyl (C=O) groups is 1. The largest absolute Gasteiger partial charge is 0.465 e. The normalized spacial score (nSPS) is 11.2. The molecule has 2 aromatic carbocycles. The van der Waals surface area contributed by atoms with Crippen molar-refractivity contribution in [3.63, 3.8) is 0 Å². The molecule has 162 valence electrons. The summed E-state index contributed by atoms with van der Waals surface area (Å²) in [5.74, 6) is -2.84. The molecule has 0 amide bonds. The Morgan fingerprint density at radius 1 is 1.00 bits per heavy atom. The minimum Gasteiger partial charge on any atom is -0.465 e. The van der Waals surface area contributed by atoms with Crippen molar-refractivity contribution >= 4 is 21.7 Å². The molecular formula is C20H17F2N3O5S.